The Bertz CT molecular complexity index is 88.9. The van der Waals surface area contributed by atoms with E-state index in [1.807, 2.05) is 0 Å². The molecule has 0 aliphatic heterocycles. The van der Waals surface area contributed by atoms with Crippen LogP contribution in [0.2, 0.25) is 0 Å². The van der Waals surface area contributed by atoms with Crippen LogP contribution in [0, 0.1) is 11.8 Å². The first-order valence-electron chi connectivity index (χ1n) is 4.83. The van der Waals surface area contributed by atoms with E-state index in [9.17, 15) is 0 Å². The minimum atomic E-state index is 0.427. The molecule has 0 aromatic heterocycles. The summed E-state index contributed by atoms with van der Waals surface area (Å²) < 4.78 is 0. The summed E-state index contributed by atoms with van der Waals surface area (Å²) in [5.74, 6) is 1.63. The van der Waals surface area contributed by atoms with E-state index in [1.165, 1.54) is 12.8 Å². The van der Waals surface area contributed by atoms with Crippen LogP contribution in [0.5, 0.6) is 0 Å². The van der Waals surface area contributed by atoms with E-state index in [4.69, 9.17) is 5.73 Å². The number of hydrogen-bond donors (Lipinski definition) is 1. The van der Waals surface area contributed by atoms with Gasteiger partial charge in [-0.2, -0.15) is 0 Å². The number of nitrogens with two attached hydrogens (primary N) is 1. The second-order valence-electron chi connectivity index (χ2n) is 3.97. The van der Waals surface area contributed by atoms with E-state index < -0.39 is 0 Å². The van der Waals surface area contributed by atoms with Gasteiger partial charge in [0.2, 0.25) is 0 Å². The summed E-state index contributed by atoms with van der Waals surface area (Å²) in [6.07, 6.45) is 3.59. The molecule has 0 bridgehead atoms. The molecule has 1 heteroatoms. The summed E-state index contributed by atoms with van der Waals surface area (Å²) in [6.45, 7) is 9.03. The van der Waals surface area contributed by atoms with Crippen molar-refractivity contribution in [1.82, 2.24) is 0 Å². The third-order valence-corrected chi connectivity index (χ3v) is 2.66. The van der Waals surface area contributed by atoms with Gasteiger partial charge >= 0.3 is 0 Å². The largest absolute Gasteiger partial charge is 0.328 e. The van der Waals surface area contributed by atoms with Gasteiger partial charge in [0.05, 0.1) is 0 Å². The van der Waals surface area contributed by atoms with Crippen molar-refractivity contribution in [2.24, 2.45) is 17.6 Å². The predicted molar refractivity (Wildman–Crippen MR) is 51.5 cm³/mol. The van der Waals surface area contributed by atoms with Gasteiger partial charge in [0, 0.05) is 6.04 Å². The third kappa shape index (κ3) is 5.25. The maximum atomic E-state index is 5.82. The zero-order chi connectivity index (χ0) is 8.85. The Labute approximate surface area is 71.4 Å². The van der Waals surface area contributed by atoms with Crippen LogP contribution >= 0.6 is 0 Å². The van der Waals surface area contributed by atoms with Crippen LogP contribution in [0.15, 0.2) is 0 Å². The van der Waals surface area contributed by atoms with E-state index in [0.717, 1.165) is 18.3 Å². The van der Waals surface area contributed by atoms with Gasteiger partial charge in [-0.1, -0.05) is 27.7 Å². The van der Waals surface area contributed by atoms with Crippen LogP contribution in [0.1, 0.15) is 47.0 Å². The quantitative estimate of drug-likeness (QED) is 0.652. The molecular formula is C10H23N. The summed E-state index contributed by atoms with van der Waals surface area (Å²) in [7, 11) is 0. The van der Waals surface area contributed by atoms with E-state index in [1.54, 1.807) is 0 Å². The lowest BCUT2D eigenvalue weighted by Gasteiger charge is -2.17. The lowest BCUT2D eigenvalue weighted by atomic mass is 9.91. The molecule has 2 unspecified atom stereocenters. The molecule has 68 valence electrons. The highest BCUT2D eigenvalue weighted by atomic mass is 14.6. The second kappa shape index (κ2) is 5.59. The average Bonchev–Trinajstić information content (AvgIpc) is 1.99. The molecule has 1 nitrogen and oxygen atoms in total. The topological polar surface area (TPSA) is 26.0 Å². The minimum absolute atomic E-state index is 0.427. The molecule has 11 heavy (non-hydrogen) atoms. The normalized spacial score (nSPS) is 16.9. The molecule has 2 N–H and O–H groups in total. The van der Waals surface area contributed by atoms with Crippen molar-refractivity contribution in [3.05, 3.63) is 0 Å². The Morgan fingerprint density at radius 2 is 1.64 bits per heavy atom. The molecule has 0 aliphatic carbocycles. The van der Waals surface area contributed by atoms with Crippen molar-refractivity contribution in [3.8, 4) is 0 Å². The SMILES string of the molecule is CCC(N)CCC(C)C(C)C. The van der Waals surface area contributed by atoms with Gasteiger partial charge < -0.3 is 5.73 Å². The van der Waals surface area contributed by atoms with Gasteiger partial charge in [-0.25, -0.2) is 0 Å². The molecule has 2 atom stereocenters. The van der Waals surface area contributed by atoms with Crippen LogP contribution in [0.4, 0.5) is 0 Å². The molecular weight excluding hydrogens is 134 g/mol. The maximum absolute atomic E-state index is 5.82. The standard InChI is InChI=1S/C10H23N/c1-5-10(11)7-6-9(4)8(2)3/h8-10H,5-7,11H2,1-4H3. The van der Waals surface area contributed by atoms with Crippen molar-refractivity contribution >= 4 is 0 Å². The first-order valence-corrected chi connectivity index (χ1v) is 4.83. The molecule has 0 aromatic carbocycles. The molecule has 0 heterocycles. The molecule has 0 spiro atoms. The van der Waals surface area contributed by atoms with Crippen LogP contribution in [0.25, 0.3) is 0 Å². The van der Waals surface area contributed by atoms with Gasteiger partial charge in [0.25, 0.3) is 0 Å². The van der Waals surface area contributed by atoms with Gasteiger partial charge in [-0.15, -0.1) is 0 Å². The summed E-state index contributed by atoms with van der Waals surface area (Å²) in [6, 6.07) is 0.427. The molecule has 0 fully saturated rings. The maximum Gasteiger partial charge on any atom is 0.00363 e. The van der Waals surface area contributed by atoms with Crippen molar-refractivity contribution in [2.45, 2.75) is 53.0 Å². The van der Waals surface area contributed by atoms with E-state index in [-0.39, 0.29) is 0 Å². The van der Waals surface area contributed by atoms with Crippen LogP contribution in [0.3, 0.4) is 0 Å². The summed E-state index contributed by atoms with van der Waals surface area (Å²) in [5, 5.41) is 0. The Morgan fingerprint density at radius 3 is 2.00 bits per heavy atom. The molecule has 0 radical (unpaired) electrons. The fourth-order valence-corrected chi connectivity index (χ4v) is 1.01. The van der Waals surface area contributed by atoms with Gasteiger partial charge in [-0.3, -0.25) is 0 Å². The Morgan fingerprint density at radius 1 is 1.09 bits per heavy atom. The van der Waals surface area contributed by atoms with E-state index in [0.29, 0.717) is 6.04 Å². The summed E-state index contributed by atoms with van der Waals surface area (Å²) in [4.78, 5) is 0. The average molecular weight is 157 g/mol. The molecule has 0 rings (SSSR count). The van der Waals surface area contributed by atoms with Crippen molar-refractivity contribution in [2.75, 3.05) is 0 Å². The molecule has 0 aliphatic rings. The zero-order valence-electron chi connectivity index (χ0n) is 8.43. The molecule has 0 amide bonds. The molecule has 0 saturated carbocycles. The highest BCUT2D eigenvalue weighted by Crippen LogP contribution is 2.16. The monoisotopic (exact) mass is 157 g/mol. The fourth-order valence-electron chi connectivity index (χ4n) is 1.01. The van der Waals surface area contributed by atoms with Crippen molar-refractivity contribution in [1.29, 1.82) is 0 Å². The van der Waals surface area contributed by atoms with Gasteiger partial charge in [-0.05, 0) is 31.1 Å². The first kappa shape index (κ1) is 11.0. The van der Waals surface area contributed by atoms with Crippen LogP contribution < -0.4 is 5.73 Å². The van der Waals surface area contributed by atoms with Crippen LogP contribution in [-0.4, -0.2) is 6.04 Å². The smallest absolute Gasteiger partial charge is 0.00363 e. The second-order valence-corrected chi connectivity index (χ2v) is 3.97. The third-order valence-electron chi connectivity index (χ3n) is 2.66. The van der Waals surface area contributed by atoms with E-state index in [2.05, 4.69) is 27.7 Å². The van der Waals surface area contributed by atoms with Crippen molar-refractivity contribution < 1.29 is 0 Å². The lowest BCUT2D eigenvalue weighted by molar-refractivity contribution is 0.365. The summed E-state index contributed by atoms with van der Waals surface area (Å²) in [5.41, 5.74) is 5.82. The van der Waals surface area contributed by atoms with Gasteiger partial charge in [0.15, 0.2) is 0 Å². The number of hydrogen-bond acceptors (Lipinski definition) is 1. The van der Waals surface area contributed by atoms with Crippen molar-refractivity contribution in [3.63, 3.8) is 0 Å². The highest BCUT2D eigenvalue weighted by Gasteiger charge is 2.08. The Hall–Kier alpha value is -0.0400. The zero-order valence-corrected chi connectivity index (χ0v) is 8.43. The number of rotatable bonds is 5. The summed E-state index contributed by atoms with van der Waals surface area (Å²) >= 11 is 0. The first-order chi connectivity index (χ1) is 5.07. The fraction of sp³-hybridized carbons (Fsp3) is 1.00. The lowest BCUT2D eigenvalue weighted by Crippen LogP contribution is -2.20. The minimum Gasteiger partial charge on any atom is -0.328 e. The molecule has 0 saturated heterocycles. The highest BCUT2D eigenvalue weighted by molar-refractivity contribution is 4.63. The Kier molecular flexibility index (Phi) is 5.57. The van der Waals surface area contributed by atoms with Gasteiger partial charge in [0.1, 0.15) is 0 Å². The van der Waals surface area contributed by atoms with Crippen LogP contribution in [-0.2, 0) is 0 Å². The Balaban J connectivity index is 3.37. The molecule has 0 aromatic rings. The van der Waals surface area contributed by atoms with E-state index >= 15 is 0 Å². The predicted octanol–water partition coefficient (Wildman–Crippen LogP) is 2.80.